The lowest BCUT2D eigenvalue weighted by Crippen LogP contribution is -2.39. The molecular formula is C35H21N4O21S6-5. The summed E-state index contributed by atoms with van der Waals surface area (Å²) in [7, 11) is -33.2. The van der Waals surface area contributed by atoms with Crippen LogP contribution in [0.1, 0.15) is 15.9 Å². The van der Waals surface area contributed by atoms with E-state index < -0.39 is 146 Å². The molecule has 1 aliphatic rings. The zero-order chi connectivity index (χ0) is 48.7. The standard InChI is InChI=1S/C35H26N4O21S6/c40-33(38-25-7-9-27(63(49,50)51)23-13-21(61(43,44)45)15-29(31(23)25)65(55,56)57)17-3-1-5-19(11-17)36-34(41)37-20-6-2-4-18(12-20)35(42)39-26-8-10-28(64(52,53)54)24-14-22(62(46,47)48)16-30(32(24)26)66(58,59)60-35/h1-16,39,42H,(H,38,40)(H2,36,37,41)(H,43,44,45)(H,46,47,48)(H,49,50,51)(H,52,53,54)(H,55,56,57)/p-5/t35-/m1/s1. The highest BCUT2D eigenvalue weighted by Crippen LogP contribution is 2.44. The third-order valence-electron chi connectivity index (χ3n) is 9.36. The molecule has 1 atom stereocenters. The van der Waals surface area contributed by atoms with E-state index in [1.807, 2.05) is 0 Å². The van der Waals surface area contributed by atoms with Gasteiger partial charge in [0.2, 0.25) is 0 Å². The van der Waals surface area contributed by atoms with Crippen LogP contribution in [0.3, 0.4) is 0 Å². The van der Waals surface area contributed by atoms with E-state index in [2.05, 4.69) is 21.3 Å². The summed E-state index contributed by atoms with van der Waals surface area (Å²) < 4.78 is 212. The second kappa shape index (κ2) is 16.0. The summed E-state index contributed by atoms with van der Waals surface area (Å²) in [5.74, 6) is -4.27. The van der Waals surface area contributed by atoms with Gasteiger partial charge in [-0.25, -0.2) is 51.1 Å². The summed E-state index contributed by atoms with van der Waals surface area (Å²) in [5.41, 5.74) is -2.21. The molecule has 0 bridgehead atoms. The Morgan fingerprint density at radius 3 is 1.65 bits per heavy atom. The molecule has 0 aromatic heterocycles. The Bertz CT molecular complexity index is 3850. The summed E-state index contributed by atoms with van der Waals surface area (Å²) in [6.45, 7) is 0. The fourth-order valence-corrected chi connectivity index (χ4v) is 11.2. The number of anilines is 4. The number of hydrogen-bond acceptors (Lipinski definition) is 22. The van der Waals surface area contributed by atoms with Crippen LogP contribution >= 0.6 is 0 Å². The number of rotatable bonds is 10. The van der Waals surface area contributed by atoms with Gasteiger partial charge in [-0.2, -0.15) is 8.42 Å². The van der Waals surface area contributed by atoms with Crippen molar-refractivity contribution < 1.29 is 92.1 Å². The van der Waals surface area contributed by atoms with Gasteiger partial charge in [-0.3, -0.25) is 4.79 Å². The lowest BCUT2D eigenvalue weighted by molar-refractivity contribution is -0.114. The number of amides is 3. The van der Waals surface area contributed by atoms with Crippen molar-refractivity contribution in [2.45, 2.75) is 35.3 Å². The van der Waals surface area contributed by atoms with Crippen molar-refractivity contribution >= 4 is 117 Å². The van der Waals surface area contributed by atoms with Gasteiger partial charge in [0.15, 0.2) is 0 Å². The SMILES string of the molecule is O=C(Nc1cccc(C(=O)Nc2ccc(S(=O)(=O)[O-])c3cc(S(=O)(=O)[O-])cc(S(=O)(=O)[O-])c23)c1)Nc1cccc([C@]2(O)Nc3ccc(S(=O)(=O)[O-])c4cc(S(=O)(=O)[O-])cc(c34)S(=O)(=O)O2)c1. The predicted molar refractivity (Wildman–Crippen MR) is 217 cm³/mol. The minimum Gasteiger partial charge on any atom is -0.744 e. The molecule has 1 heterocycles. The molecule has 7 rings (SSSR count). The second-order valence-electron chi connectivity index (χ2n) is 13.7. The van der Waals surface area contributed by atoms with E-state index in [0.717, 1.165) is 30.3 Å². The number of hydrogen-bond donors (Lipinski definition) is 5. The zero-order valence-corrected chi connectivity index (χ0v) is 36.7. The minimum absolute atomic E-state index is 0.120. The largest absolute Gasteiger partial charge is 0.744 e. The monoisotopic (exact) mass is 1020 g/mol. The zero-order valence-electron chi connectivity index (χ0n) is 31.8. The normalized spacial score (nSPS) is 16.5. The fraction of sp³-hybridized carbons (Fsp3) is 0.0286. The second-order valence-corrected chi connectivity index (χ2v) is 22.0. The Balaban J connectivity index is 1.16. The molecule has 0 aliphatic carbocycles. The molecule has 0 spiro atoms. The summed E-state index contributed by atoms with van der Waals surface area (Å²) >= 11 is 0. The number of nitrogens with one attached hydrogen (secondary N) is 4. The number of aliphatic hydroxyl groups is 1. The Morgan fingerprint density at radius 2 is 1.09 bits per heavy atom. The Morgan fingerprint density at radius 1 is 0.576 bits per heavy atom. The Hall–Kier alpha value is -6.20. The molecule has 5 N–H and O–H groups in total. The van der Waals surface area contributed by atoms with Crippen molar-refractivity contribution in [3.63, 3.8) is 0 Å². The number of urea groups is 1. The first kappa shape index (κ1) is 47.8. The Labute approximate surface area is 371 Å². The van der Waals surface area contributed by atoms with E-state index in [4.69, 9.17) is 4.18 Å². The van der Waals surface area contributed by atoms with Gasteiger partial charge in [0.1, 0.15) is 55.5 Å². The summed E-state index contributed by atoms with van der Waals surface area (Å²) in [6, 6.07) is 12.1. The maximum atomic E-state index is 13.6. The van der Waals surface area contributed by atoms with Crippen molar-refractivity contribution in [2.75, 3.05) is 21.3 Å². The molecule has 0 radical (unpaired) electrons. The molecule has 3 amide bonds. The van der Waals surface area contributed by atoms with Crippen molar-refractivity contribution in [3.05, 3.63) is 108 Å². The molecule has 0 saturated heterocycles. The van der Waals surface area contributed by atoms with Gasteiger partial charge in [-0.15, -0.1) is 0 Å². The van der Waals surface area contributed by atoms with Crippen molar-refractivity contribution in [3.8, 4) is 0 Å². The van der Waals surface area contributed by atoms with E-state index in [1.54, 1.807) is 0 Å². The van der Waals surface area contributed by atoms with Crippen molar-refractivity contribution in [2.24, 2.45) is 0 Å². The predicted octanol–water partition coefficient (Wildman–Crippen LogP) is 1.34. The van der Waals surface area contributed by atoms with Crippen LogP contribution in [0.5, 0.6) is 0 Å². The highest BCUT2D eigenvalue weighted by Gasteiger charge is 2.42. The Kier molecular flexibility index (Phi) is 11.6. The van der Waals surface area contributed by atoms with Crippen LogP contribution in [0.4, 0.5) is 27.5 Å². The van der Waals surface area contributed by atoms with E-state index in [1.165, 1.54) is 24.3 Å². The lowest BCUT2D eigenvalue weighted by Gasteiger charge is -2.28. The van der Waals surface area contributed by atoms with Gasteiger partial charge < -0.3 is 49.1 Å². The van der Waals surface area contributed by atoms with E-state index >= 15 is 0 Å². The molecule has 6 aromatic rings. The van der Waals surface area contributed by atoms with Crippen LogP contribution in [-0.4, -0.2) is 90.3 Å². The molecule has 66 heavy (non-hydrogen) atoms. The van der Waals surface area contributed by atoms with Crippen LogP contribution in [0.2, 0.25) is 0 Å². The molecular weight excluding hydrogens is 1000 g/mol. The van der Waals surface area contributed by atoms with Crippen LogP contribution in [0, 0.1) is 0 Å². The minimum atomic E-state index is -5.76. The molecule has 6 aromatic carbocycles. The van der Waals surface area contributed by atoms with Crippen LogP contribution in [0.25, 0.3) is 21.5 Å². The first-order chi connectivity index (χ1) is 30.3. The van der Waals surface area contributed by atoms with E-state index in [0.29, 0.717) is 36.4 Å². The molecule has 31 heteroatoms. The quantitative estimate of drug-likeness (QED) is 0.0954. The average Bonchev–Trinajstić information content (AvgIpc) is 3.27. The molecule has 0 saturated carbocycles. The van der Waals surface area contributed by atoms with Crippen molar-refractivity contribution in [1.29, 1.82) is 0 Å². The van der Waals surface area contributed by atoms with Crippen LogP contribution < -0.4 is 21.3 Å². The van der Waals surface area contributed by atoms with Gasteiger partial charge in [0.25, 0.3) is 11.8 Å². The molecule has 1 aliphatic heterocycles. The fourth-order valence-electron chi connectivity index (χ4n) is 6.68. The first-order valence-electron chi connectivity index (χ1n) is 17.3. The maximum Gasteiger partial charge on any atom is 0.323 e. The first-order valence-corrected chi connectivity index (χ1v) is 25.8. The van der Waals surface area contributed by atoms with E-state index in [9.17, 15) is 88.0 Å². The lowest BCUT2D eigenvalue weighted by atomic mass is 10.1. The van der Waals surface area contributed by atoms with Crippen LogP contribution in [0.15, 0.2) is 126 Å². The number of carbonyl (C=O) groups excluding carboxylic acids is 2. The van der Waals surface area contributed by atoms with Gasteiger partial charge in [-0.1, -0.05) is 18.2 Å². The molecule has 0 fully saturated rings. The summed E-state index contributed by atoms with van der Waals surface area (Å²) in [6.07, 6.45) is 0. The summed E-state index contributed by atoms with van der Waals surface area (Å²) in [5, 5.41) is 17.5. The third kappa shape index (κ3) is 9.41. The number of benzene rings is 6. The number of fused-ring (bicyclic) bond motifs is 1. The topological polar surface area (TPSA) is 432 Å². The smallest absolute Gasteiger partial charge is 0.323 e. The molecule has 348 valence electrons. The van der Waals surface area contributed by atoms with Crippen LogP contribution in [-0.2, 0) is 70.8 Å². The van der Waals surface area contributed by atoms with Crippen molar-refractivity contribution in [1.82, 2.24) is 0 Å². The molecule has 0 unspecified atom stereocenters. The van der Waals surface area contributed by atoms with Gasteiger partial charge in [0, 0.05) is 49.7 Å². The number of carbonyl (C=O) groups is 2. The van der Waals surface area contributed by atoms with E-state index in [-0.39, 0.29) is 23.0 Å². The van der Waals surface area contributed by atoms with Gasteiger partial charge in [0.05, 0.1) is 30.2 Å². The third-order valence-corrected chi connectivity index (χ3v) is 15.0. The van der Waals surface area contributed by atoms with Gasteiger partial charge >= 0.3 is 16.1 Å². The van der Waals surface area contributed by atoms with Gasteiger partial charge in [-0.05, 0) is 78.9 Å². The average molecular weight is 1030 g/mol. The summed E-state index contributed by atoms with van der Waals surface area (Å²) in [4.78, 5) is 19.0. The maximum absolute atomic E-state index is 13.6. The highest BCUT2D eigenvalue weighted by molar-refractivity contribution is 7.88. The highest BCUT2D eigenvalue weighted by atomic mass is 32.2. The molecule has 25 nitrogen and oxygen atoms in total.